The minimum atomic E-state index is -3.99. The number of amides is 1. The molecule has 0 aliphatic carbocycles. The first-order chi connectivity index (χ1) is 14.5. The van der Waals surface area contributed by atoms with Gasteiger partial charge >= 0.3 is 6.09 Å². The molecule has 0 aromatic carbocycles. The number of thiophene rings is 1. The number of carbonyl (C=O) groups is 1. The Morgan fingerprint density at radius 2 is 1.97 bits per heavy atom. The molecule has 3 heterocycles. The second kappa shape index (κ2) is 8.72. The molecule has 0 spiro atoms. The third-order valence-corrected chi connectivity index (χ3v) is 7.82. The second-order valence-electron chi connectivity index (χ2n) is 8.01. The van der Waals surface area contributed by atoms with Gasteiger partial charge in [0.25, 0.3) is 0 Å². The van der Waals surface area contributed by atoms with Crippen molar-refractivity contribution in [2.45, 2.75) is 43.0 Å². The average Bonchev–Trinajstić information content (AvgIpc) is 3.12. The van der Waals surface area contributed by atoms with Crippen LogP contribution in [0.25, 0.3) is 10.4 Å². The molecular formula is C21H22FN3O4S2. The predicted molar refractivity (Wildman–Crippen MR) is 115 cm³/mol. The number of rotatable bonds is 6. The van der Waals surface area contributed by atoms with Crippen molar-refractivity contribution < 1.29 is 22.7 Å². The molecule has 0 fully saturated rings. The molecule has 7 nitrogen and oxygen atoms in total. The molecule has 0 saturated carbocycles. The minimum Gasteiger partial charge on any atom is -0.465 e. The van der Waals surface area contributed by atoms with Crippen LogP contribution in [0.5, 0.6) is 0 Å². The Balaban J connectivity index is 2.15. The van der Waals surface area contributed by atoms with Crippen LogP contribution in [0.3, 0.4) is 0 Å². The smallest absolute Gasteiger partial charge is 0.404 e. The van der Waals surface area contributed by atoms with Gasteiger partial charge in [0.15, 0.2) is 0 Å². The number of carboxylic acid groups (broad SMARTS) is 1. The molecule has 10 heteroatoms. The van der Waals surface area contributed by atoms with Gasteiger partial charge in [0.2, 0.25) is 15.8 Å². The Labute approximate surface area is 183 Å². The lowest BCUT2D eigenvalue weighted by molar-refractivity contribution is 0.174. The molecule has 31 heavy (non-hydrogen) atoms. The first-order valence-corrected chi connectivity index (χ1v) is 11.7. The Kier molecular flexibility index (Phi) is 6.42. The van der Waals surface area contributed by atoms with Crippen LogP contribution in [-0.2, 0) is 16.3 Å². The van der Waals surface area contributed by atoms with Crippen molar-refractivity contribution in [3.8, 4) is 10.4 Å². The number of hydrogen-bond acceptors (Lipinski definition) is 6. The SMILES string of the molecule is CC(C)(C)C(Cc1cc(S(=O)(=O)c2cccnc2)c(-c2cccnc2F)s1)NC(=O)O. The molecule has 0 aliphatic heterocycles. The zero-order valence-electron chi connectivity index (χ0n) is 17.2. The van der Waals surface area contributed by atoms with Crippen LogP contribution >= 0.6 is 11.3 Å². The number of nitrogens with one attached hydrogen (secondary N) is 1. The number of aromatic nitrogens is 2. The maximum Gasteiger partial charge on any atom is 0.404 e. The Hall–Kier alpha value is -2.85. The van der Waals surface area contributed by atoms with Crippen molar-refractivity contribution in [3.05, 3.63) is 59.7 Å². The summed E-state index contributed by atoms with van der Waals surface area (Å²) in [5.41, 5.74) is -0.357. The molecule has 0 bridgehead atoms. The number of nitrogens with zero attached hydrogens (tertiary/aromatic N) is 2. The van der Waals surface area contributed by atoms with Crippen molar-refractivity contribution in [1.29, 1.82) is 0 Å². The largest absolute Gasteiger partial charge is 0.465 e. The fourth-order valence-corrected chi connectivity index (χ4v) is 6.03. The topological polar surface area (TPSA) is 109 Å². The zero-order chi connectivity index (χ0) is 22.8. The van der Waals surface area contributed by atoms with Crippen molar-refractivity contribution in [1.82, 2.24) is 15.3 Å². The van der Waals surface area contributed by atoms with E-state index < -0.39 is 33.3 Å². The highest BCUT2D eigenvalue weighted by molar-refractivity contribution is 7.91. The van der Waals surface area contributed by atoms with Gasteiger partial charge in [-0.05, 0) is 35.7 Å². The fourth-order valence-electron chi connectivity index (χ4n) is 3.02. The zero-order valence-corrected chi connectivity index (χ0v) is 18.8. The minimum absolute atomic E-state index is 0.0130. The number of sulfone groups is 1. The van der Waals surface area contributed by atoms with Gasteiger partial charge in [0, 0.05) is 41.5 Å². The van der Waals surface area contributed by atoms with Crippen molar-refractivity contribution in [3.63, 3.8) is 0 Å². The van der Waals surface area contributed by atoms with Crippen molar-refractivity contribution in [2.24, 2.45) is 5.41 Å². The van der Waals surface area contributed by atoms with Crippen LogP contribution < -0.4 is 5.32 Å². The van der Waals surface area contributed by atoms with E-state index in [1.807, 2.05) is 20.8 Å². The summed E-state index contributed by atoms with van der Waals surface area (Å²) in [6.07, 6.45) is 3.07. The molecule has 0 radical (unpaired) electrons. The van der Waals surface area contributed by atoms with E-state index in [1.54, 1.807) is 0 Å². The summed E-state index contributed by atoms with van der Waals surface area (Å²) in [5, 5.41) is 11.7. The number of pyridine rings is 2. The molecule has 3 rings (SSSR count). The van der Waals surface area contributed by atoms with Crippen LogP contribution in [0.1, 0.15) is 25.6 Å². The van der Waals surface area contributed by atoms with Crippen LogP contribution in [0, 0.1) is 11.4 Å². The second-order valence-corrected chi connectivity index (χ2v) is 11.1. The first-order valence-electron chi connectivity index (χ1n) is 9.38. The summed E-state index contributed by atoms with van der Waals surface area (Å²) in [6, 6.07) is 6.93. The van der Waals surface area contributed by atoms with E-state index in [2.05, 4.69) is 15.3 Å². The van der Waals surface area contributed by atoms with Gasteiger partial charge < -0.3 is 10.4 Å². The summed E-state index contributed by atoms with van der Waals surface area (Å²) in [5.74, 6) is -0.783. The molecule has 2 N–H and O–H groups in total. The highest BCUT2D eigenvalue weighted by Gasteiger charge is 2.31. The summed E-state index contributed by atoms with van der Waals surface area (Å²) >= 11 is 1.11. The van der Waals surface area contributed by atoms with Crippen LogP contribution in [0.15, 0.2) is 58.7 Å². The maximum absolute atomic E-state index is 14.5. The van der Waals surface area contributed by atoms with Crippen LogP contribution in [0.4, 0.5) is 9.18 Å². The molecular weight excluding hydrogens is 441 g/mol. The summed E-state index contributed by atoms with van der Waals surface area (Å²) in [6.45, 7) is 5.66. The number of halogens is 1. The Morgan fingerprint density at radius 3 is 2.55 bits per heavy atom. The quantitative estimate of drug-likeness (QED) is 0.525. The summed E-state index contributed by atoms with van der Waals surface area (Å²) in [7, 11) is -3.99. The van der Waals surface area contributed by atoms with Gasteiger partial charge in [-0.2, -0.15) is 4.39 Å². The monoisotopic (exact) mass is 463 g/mol. The van der Waals surface area contributed by atoms with Crippen LogP contribution in [-0.4, -0.2) is 35.6 Å². The molecule has 1 amide bonds. The standard InChI is InChI=1S/C21H22FN3O4S2/c1-21(2,3)17(25-20(26)27)11-13-10-16(31(28,29)14-6-4-8-23-12-14)18(30-13)15-7-5-9-24-19(15)22/h4-10,12,17,25H,11H2,1-3H3,(H,26,27). The molecule has 3 aromatic heterocycles. The van der Waals surface area contributed by atoms with E-state index in [-0.39, 0.29) is 26.7 Å². The van der Waals surface area contributed by atoms with Gasteiger partial charge in [-0.3, -0.25) is 4.98 Å². The highest BCUT2D eigenvalue weighted by Crippen LogP contribution is 2.40. The number of hydrogen-bond donors (Lipinski definition) is 2. The molecule has 0 saturated heterocycles. The summed E-state index contributed by atoms with van der Waals surface area (Å²) in [4.78, 5) is 19.5. The molecule has 3 aromatic rings. The fraction of sp³-hybridized carbons (Fsp3) is 0.286. The van der Waals surface area contributed by atoms with Gasteiger partial charge in [-0.1, -0.05) is 20.8 Å². The van der Waals surface area contributed by atoms with Gasteiger partial charge in [0.1, 0.15) is 0 Å². The lowest BCUT2D eigenvalue weighted by Crippen LogP contribution is -2.44. The maximum atomic E-state index is 14.5. The van der Waals surface area contributed by atoms with E-state index in [0.29, 0.717) is 4.88 Å². The summed E-state index contributed by atoms with van der Waals surface area (Å²) < 4.78 is 41.1. The van der Waals surface area contributed by atoms with Gasteiger partial charge in [-0.25, -0.2) is 18.2 Å². The Morgan fingerprint density at radius 1 is 1.26 bits per heavy atom. The van der Waals surface area contributed by atoms with Gasteiger partial charge in [0.05, 0.1) is 14.7 Å². The van der Waals surface area contributed by atoms with E-state index in [0.717, 1.165) is 11.3 Å². The molecule has 164 valence electrons. The van der Waals surface area contributed by atoms with Gasteiger partial charge in [-0.15, -0.1) is 11.3 Å². The van der Waals surface area contributed by atoms with Crippen LogP contribution in [0.2, 0.25) is 0 Å². The first kappa shape index (κ1) is 22.8. The third-order valence-electron chi connectivity index (χ3n) is 4.74. The molecule has 1 unspecified atom stereocenters. The Bertz CT molecular complexity index is 1190. The lowest BCUT2D eigenvalue weighted by atomic mass is 9.84. The highest BCUT2D eigenvalue weighted by atomic mass is 32.2. The normalized spacial score (nSPS) is 13.0. The van der Waals surface area contributed by atoms with Crippen molar-refractivity contribution in [2.75, 3.05) is 0 Å². The molecule has 1 atom stereocenters. The third kappa shape index (κ3) is 5.08. The van der Waals surface area contributed by atoms with E-state index >= 15 is 0 Å². The van der Waals surface area contributed by atoms with E-state index in [9.17, 15) is 22.7 Å². The molecule has 0 aliphatic rings. The lowest BCUT2D eigenvalue weighted by Gasteiger charge is -2.30. The van der Waals surface area contributed by atoms with E-state index in [4.69, 9.17) is 0 Å². The van der Waals surface area contributed by atoms with Crippen molar-refractivity contribution >= 4 is 27.3 Å². The average molecular weight is 464 g/mol. The van der Waals surface area contributed by atoms with E-state index in [1.165, 1.54) is 48.9 Å². The predicted octanol–water partition coefficient (Wildman–Crippen LogP) is 4.40.